The van der Waals surface area contributed by atoms with Gasteiger partial charge in [0, 0.05) is 23.1 Å². The summed E-state index contributed by atoms with van der Waals surface area (Å²) in [6.45, 7) is 6.44. The first-order valence-corrected chi connectivity index (χ1v) is 8.32. The minimum absolute atomic E-state index is 0.00286. The van der Waals surface area contributed by atoms with Crippen molar-refractivity contribution >= 4 is 11.8 Å². The molecule has 0 aliphatic heterocycles. The van der Waals surface area contributed by atoms with Gasteiger partial charge in [0.2, 0.25) is 0 Å². The molecule has 1 heterocycles. The molecule has 1 atom stereocenters. The van der Waals surface area contributed by atoms with Crippen molar-refractivity contribution in [2.75, 3.05) is 12.8 Å². The second-order valence-corrected chi connectivity index (χ2v) is 5.94. The van der Waals surface area contributed by atoms with Crippen LogP contribution >= 0.6 is 11.8 Å². The lowest BCUT2D eigenvalue weighted by atomic mass is 9.99. The van der Waals surface area contributed by atoms with E-state index < -0.39 is 5.51 Å². The lowest BCUT2D eigenvalue weighted by Crippen LogP contribution is -2.18. The van der Waals surface area contributed by atoms with Gasteiger partial charge in [0.15, 0.2) is 0 Å². The number of aryl methyl sites for hydroxylation is 2. The molecule has 0 aliphatic carbocycles. The molecule has 122 valence electrons. The zero-order valence-corrected chi connectivity index (χ0v) is 13.9. The van der Waals surface area contributed by atoms with Gasteiger partial charge < -0.3 is 5.32 Å². The molecule has 7 heteroatoms. The monoisotopic (exact) mass is 323 g/mol. The molecule has 0 radical (unpaired) electrons. The molecule has 0 aliphatic rings. The van der Waals surface area contributed by atoms with Crippen molar-refractivity contribution in [3.8, 4) is 0 Å². The molecule has 0 fully saturated rings. The van der Waals surface area contributed by atoms with Crippen LogP contribution in [0.3, 0.4) is 0 Å². The molecule has 1 aromatic rings. The van der Waals surface area contributed by atoms with Crippen molar-refractivity contribution in [2.24, 2.45) is 0 Å². The molecule has 21 heavy (non-hydrogen) atoms. The second-order valence-electron chi connectivity index (χ2n) is 4.78. The third kappa shape index (κ3) is 4.92. The number of nitrogens with zero attached hydrogens (tertiary/aromatic N) is 2. The van der Waals surface area contributed by atoms with E-state index in [1.54, 1.807) is 4.68 Å². The van der Waals surface area contributed by atoms with Crippen molar-refractivity contribution < 1.29 is 13.2 Å². The number of nitrogens with one attached hydrogen (secondary N) is 1. The molecular formula is C14H24F3N3S. The van der Waals surface area contributed by atoms with E-state index in [4.69, 9.17) is 0 Å². The van der Waals surface area contributed by atoms with Crippen LogP contribution in [0.25, 0.3) is 0 Å². The number of hydrogen-bond acceptors (Lipinski definition) is 3. The van der Waals surface area contributed by atoms with E-state index in [1.807, 2.05) is 20.9 Å². The van der Waals surface area contributed by atoms with Gasteiger partial charge in [-0.3, -0.25) is 4.68 Å². The molecule has 0 aromatic carbocycles. The summed E-state index contributed by atoms with van der Waals surface area (Å²) in [4.78, 5) is 0. The first-order valence-electron chi connectivity index (χ1n) is 7.34. The highest BCUT2D eigenvalue weighted by atomic mass is 32.2. The zero-order valence-electron chi connectivity index (χ0n) is 13.0. The van der Waals surface area contributed by atoms with Crippen molar-refractivity contribution in [1.29, 1.82) is 0 Å². The van der Waals surface area contributed by atoms with Gasteiger partial charge in [0.25, 0.3) is 0 Å². The Morgan fingerprint density at radius 3 is 2.33 bits per heavy atom. The third-order valence-electron chi connectivity index (χ3n) is 3.52. The van der Waals surface area contributed by atoms with E-state index in [1.165, 1.54) is 5.56 Å². The Morgan fingerprint density at radius 2 is 1.90 bits per heavy atom. The maximum atomic E-state index is 12.3. The second kappa shape index (κ2) is 8.08. The molecule has 1 unspecified atom stereocenters. The fourth-order valence-electron chi connectivity index (χ4n) is 2.59. The van der Waals surface area contributed by atoms with E-state index in [0.29, 0.717) is 6.54 Å². The molecule has 3 nitrogen and oxygen atoms in total. The quantitative estimate of drug-likeness (QED) is 0.786. The zero-order chi connectivity index (χ0) is 16.0. The summed E-state index contributed by atoms with van der Waals surface area (Å²) in [6.07, 6.45) is 2.50. The average Bonchev–Trinajstić information content (AvgIpc) is 2.77. The summed E-state index contributed by atoms with van der Waals surface area (Å²) >= 11 is 0.0138. The van der Waals surface area contributed by atoms with Crippen LogP contribution in [0.2, 0.25) is 0 Å². The van der Waals surface area contributed by atoms with Crippen molar-refractivity contribution in [3.63, 3.8) is 0 Å². The maximum absolute atomic E-state index is 12.3. The van der Waals surface area contributed by atoms with E-state index in [0.717, 1.165) is 30.7 Å². The smallest absolute Gasteiger partial charge is 0.313 e. The van der Waals surface area contributed by atoms with Gasteiger partial charge in [-0.25, -0.2) is 0 Å². The van der Waals surface area contributed by atoms with Crippen LogP contribution in [0.4, 0.5) is 13.2 Å². The van der Waals surface area contributed by atoms with Gasteiger partial charge >= 0.3 is 5.51 Å². The predicted octanol–water partition coefficient (Wildman–Crippen LogP) is 3.93. The minimum Gasteiger partial charge on any atom is -0.313 e. The molecule has 0 saturated carbocycles. The van der Waals surface area contributed by atoms with E-state index in [9.17, 15) is 13.2 Å². The topological polar surface area (TPSA) is 29.9 Å². The predicted molar refractivity (Wildman–Crippen MR) is 81.6 cm³/mol. The van der Waals surface area contributed by atoms with Gasteiger partial charge in [-0.2, -0.15) is 18.3 Å². The van der Waals surface area contributed by atoms with Crippen molar-refractivity contribution in [3.05, 3.63) is 17.0 Å². The molecule has 1 N–H and O–H groups in total. The number of halogens is 3. The Balaban J connectivity index is 2.99. The van der Waals surface area contributed by atoms with Gasteiger partial charge in [0.05, 0.1) is 12.2 Å². The Bertz CT molecular complexity index is 439. The SMILES string of the molecule is CCc1nn(CCSC(F)(F)F)c(CC)c1C(CC)NC. The highest BCUT2D eigenvalue weighted by molar-refractivity contribution is 8.00. The summed E-state index contributed by atoms with van der Waals surface area (Å²) in [5, 5.41) is 7.80. The molecule has 1 aromatic heterocycles. The summed E-state index contributed by atoms with van der Waals surface area (Å²) in [5.74, 6) is -0.00286. The average molecular weight is 323 g/mol. The van der Waals surface area contributed by atoms with Crippen LogP contribution in [0.1, 0.15) is 50.2 Å². The third-order valence-corrected chi connectivity index (χ3v) is 4.23. The number of hydrogen-bond donors (Lipinski definition) is 1. The Labute approximate surface area is 128 Å². The number of rotatable bonds is 8. The first kappa shape index (κ1) is 18.4. The Kier molecular flexibility index (Phi) is 7.06. The molecule has 1 rings (SSSR count). The maximum Gasteiger partial charge on any atom is 0.441 e. The largest absolute Gasteiger partial charge is 0.441 e. The standard InChI is InChI=1S/C14H24F3N3S/c1-5-10(18-4)13-11(6-2)19-20(12(13)7-3)8-9-21-14(15,16)17/h10,18H,5-9H2,1-4H3. The van der Waals surface area contributed by atoms with E-state index in [2.05, 4.69) is 17.3 Å². The van der Waals surface area contributed by atoms with Gasteiger partial charge in [-0.1, -0.05) is 20.8 Å². The van der Waals surface area contributed by atoms with Crippen LogP contribution in [-0.2, 0) is 19.4 Å². The van der Waals surface area contributed by atoms with Gasteiger partial charge in [-0.05, 0) is 38.1 Å². The van der Waals surface area contributed by atoms with Crippen molar-refractivity contribution in [1.82, 2.24) is 15.1 Å². The van der Waals surface area contributed by atoms with Gasteiger partial charge in [-0.15, -0.1) is 0 Å². The van der Waals surface area contributed by atoms with Crippen LogP contribution < -0.4 is 5.32 Å². The number of alkyl halides is 3. The summed E-state index contributed by atoms with van der Waals surface area (Å²) in [6, 6.07) is 0.207. The number of aromatic nitrogens is 2. The molecule has 0 bridgehead atoms. The highest BCUT2D eigenvalue weighted by Gasteiger charge is 2.28. The van der Waals surface area contributed by atoms with Crippen LogP contribution in [0, 0.1) is 0 Å². The van der Waals surface area contributed by atoms with Crippen molar-refractivity contribution in [2.45, 2.75) is 58.1 Å². The van der Waals surface area contributed by atoms with Gasteiger partial charge in [0.1, 0.15) is 0 Å². The lowest BCUT2D eigenvalue weighted by molar-refractivity contribution is -0.0328. The lowest BCUT2D eigenvalue weighted by Gasteiger charge is -2.16. The van der Waals surface area contributed by atoms with Crippen LogP contribution in [-0.4, -0.2) is 28.1 Å². The van der Waals surface area contributed by atoms with Crippen LogP contribution in [0.15, 0.2) is 0 Å². The van der Waals surface area contributed by atoms with E-state index in [-0.39, 0.29) is 23.6 Å². The van der Waals surface area contributed by atoms with E-state index >= 15 is 0 Å². The Hall–Kier alpha value is -0.690. The summed E-state index contributed by atoms with van der Waals surface area (Å²) in [5.41, 5.74) is -0.963. The number of thioether (sulfide) groups is 1. The van der Waals surface area contributed by atoms with Crippen LogP contribution in [0.5, 0.6) is 0 Å². The Morgan fingerprint density at radius 1 is 1.24 bits per heavy atom. The molecular weight excluding hydrogens is 299 g/mol. The first-order chi connectivity index (χ1) is 9.87. The summed E-state index contributed by atoms with van der Waals surface area (Å²) < 4.78 is 38.5. The molecule has 0 spiro atoms. The summed E-state index contributed by atoms with van der Waals surface area (Å²) in [7, 11) is 1.91. The normalized spacial score (nSPS) is 13.7. The molecule has 0 amide bonds. The fraction of sp³-hybridized carbons (Fsp3) is 0.786. The fourth-order valence-corrected chi connectivity index (χ4v) is 3.08. The minimum atomic E-state index is -4.17. The highest BCUT2D eigenvalue weighted by Crippen LogP contribution is 2.31. The molecule has 0 saturated heterocycles.